The first-order chi connectivity index (χ1) is 12.6. The van der Waals surface area contributed by atoms with Crippen molar-refractivity contribution in [1.82, 2.24) is 9.88 Å². The molecule has 3 aromatic rings. The fraction of sp³-hybridized carbons (Fsp3) is 0.333. The maximum Gasteiger partial charge on any atom is 0.130 e. The third-order valence-corrected chi connectivity index (χ3v) is 5.32. The summed E-state index contributed by atoms with van der Waals surface area (Å²) in [6.07, 6.45) is 5.13. The summed E-state index contributed by atoms with van der Waals surface area (Å²) < 4.78 is 32.5. The number of H-pyrrole nitrogens is 1. The Bertz CT molecular complexity index is 922. The summed E-state index contributed by atoms with van der Waals surface area (Å²) in [5, 5.41) is 1.17. The Balaban J connectivity index is 1.54. The normalized spacial score (nSPS) is 17.9. The summed E-state index contributed by atoms with van der Waals surface area (Å²) in [6, 6.07) is 10.2. The van der Waals surface area contributed by atoms with Crippen LogP contribution in [-0.2, 0) is 13.0 Å². The number of aromatic amines is 1. The van der Waals surface area contributed by atoms with Crippen LogP contribution in [0.1, 0.15) is 24.0 Å². The van der Waals surface area contributed by atoms with Gasteiger partial charge in [-0.05, 0) is 55.6 Å². The number of likely N-dealkylation sites (tertiary alicyclic amines) is 1. The van der Waals surface area contributed by atoms with Gasteiger partial charge in [0.05, 0.1) is 7.11 Å². The van der Waals surface area contributed by atoms with E-state index in [1.165, 1.54) is 17.0 Å². The fourth-order valence-corrected chi connectivity index (χ4v) is 3.91. The summed E-state index contributed by atoms with van der Waals surface area (Å²) in [5.74, 6) is -0.153. The highest BCUT2D eigenvalue weighted by atomic mass is 19.1. The topological polar surface area (TPSA) is 28.3 Å². The molecule has 3 nitrogen and oxygen atoms in total. The first-order valence-electron chi connectivity index (χ1n) is 8.96. The molecule has 1 N–H and O–H groups in total. The van der Waals surface area contributed by atoms with Crippen LogP contribution in [0.2, 0.25) is 0 Å². The highest BCUT2D eigenvalue weighted by Gasteiger charge is 2.26. The summed E-state index contributed by atoms with van der Waals surface area (Å²) >= 11 is 0. The van der Waals surface area contributed by atoms with Crippen molar-refractivity contribution in [2.75, 3.05) is 13.7 Å². The van der Waals surface area contributed by atoms with Gasteiger partial charge in [-0.2, -0.15) is 0 Å². The average molecular weight is 356 g/mol. The number of hydrogen-bond acceptors (Lipinski definition) is 2. The molecule has 4 rings (SSSR count). The Morgan fingerprint density at radius 1 is 1.15 bits per heavy atom. The highest BCUT2D eigenvalue weighted by Crippen LogP contribution is 2.29. The number of fused-ring (bicyclic) bond motifs is 1. The lowest BCUT2D eigenvalue weighted by atomic mass is 10.0. The van der Waals surface area contributed by atoms with E-state index >= 15 is 0 Å². The first-order valence-corrected chi connectivity index (χ1v) is 8.96. The van der Waals surface area contributed by atoms with Crippen molar-refractivity contribution in [3.8, 4) is 5.75 Å². The summed E-state index contributed by atoms with van der Waals surface area (Å²) in [6.45, 7) is 1.45. The third kappa shape index (κ3) is 3.31. The van der Waals surface area contributed by atoms with Gasteiger partial charge >= 0.3 is 0 Å². The van der Waals surface area contributed by atoms with Crippen LogP contribution < -0.4 is 4.74 Å². The largest absolute Gasteiger partial charge is 0.497 e. The number of halogens is 2. The van der Waals surface area contributed by atoms with Gasteiger partial charge in [0.25, 0.3) is 0 Å². The van der Waals surface area contributed by atoms with E-state index in [2.05, 4.69) is 22.1 Å². The van der Waals surface area contributed by atoms with E-state index < -0.39 is 11.6 Å². The van der Waals surface area contributed by atoms with Crippen LogP contribution in [0.5, 0.6) is 5.75 Å². The molecule has 1 unspecified atom stereocenters. The number of hydrogen-bond donors (Lipinski definition) is 1. The molecular weight excluding hydrogens is 334 g/mol. The minimum Gasteiger partial charge on any atom is -0.497 e. The van der Waals surface area contributed by atoms with E-state index in [0.717, 1.165) is 43.1 Å². The molecule has 0 radical (unpaired) electrons. The standard InChI is InChI=1S/C21H22F2N2O/c1-26-18-6-7-21-19(11-18)15(12-24-21)9-17-3-2-8-25(17)13-14-4-5-16(22)10-20(14)23/h4-7,10-12,17,24H,2-3,8-9,13H2,1H3. The monoisotopic (exact) mass is 356 g/mol. The van der Waals surface area contributed by atoms with Crippen LogP contribution in [0.4, 0.5) is 8.78 Å². The van der Waals surface area contributed by atoms with E-state index in [0.29, 0.717) is 18.2 Å². The number of aromatic nitrogens is 1. The predicted octanol–water partition coefficient (Wildman–Crippen LogP) is 4.66. The molecule has 5 heteroatoms. The number of methoxy groups -OCH3 is 1. The summed E-state index contributed by atoms with van der Waals surface area (Å²) in [5.41, 5.74) is 2.89. The second kappa shape index (κ2) is 7.08. The minimum absolute atomic E-state index is 0.352. The fourth-order valence-electron chi connectivity index (χ4n) is 3.91. The van der Waals surface area contributed by atoms with Crippen molar-refractivity contribution in [3.63, 3.8) is 0 Å². The van der Waals surface area contributed by atoms with Crippen LogP contribution in [0.15, 0.2) is 42.6 Å². The van der Waals surface area contributed by atoms with Crippen molar-refractivity contribution >= 4 is 10.9 Å². The Morgan fingerprint density at radius 2 is 2.04 bits per heavy atom. The van der Waals surface area contributed by atoms with Crippen molar-refractivity contribution in [2.45, 2.75) is 31.8 Å². The SMILES string of the molecule is COc1ccc2[nH]cc(CC3CCCN3Cc3ccc(F)cc3F)c2c1. The van der Waals surface area contributed by atoms with Gasteiger partial charge in [0, 0.05) is 41.3 Å². The van der Waals surface area contributed by atoms with E-state index in [1.54, 1.807) is 13.2 Å². The second-order valence-electron chi connectivity index (χ2n) is 6.93. The Morgan fingerprint density at radius 3 is 2.85 bits per heavy atom. The molecule has 1 aliphatic heterocycles. The average Bonchev–Trinajstić information content (AvgIpc) is 3.24. The van der Waals surface area contributed by atoms with E-state index in [1.807, 2.05) is 12.1 Å². The maximum atomic E-state index is 14.0. The highest BCUT2D eigenvalue weighted by molar-refractivity contribution is 5.84. The van der Waals surface area contributed by atoms with Crippen LogP contribution in [0, 0.1) is 11.6 Å². The second-order valence-corrected chi connectivity index (χ2v) is 6.93. The Hall–Kier alpha value is -2.40. The number of nitrogens with one attached hydrogen (secondary N) is 1. The number of benzene rings is 2. The smallest absolute Gasteiger partial charge is 0.130 e. The van der Waals surface area contributed by atoms with Crippen LogP contribution in [0.25, 0.3) is 10.9 Å². The van der Waals surface area contributed by atoms with E-state index in [9.17, 15) is 8.78 Å². The molecule has 136 valence electrons. The predicted molar refractivity (Wildman–Crippen MR) is 98.3 cm³/mol. The van der Waals surface area contributed by atoms with Gasteiger partial charge in [-0.3, -0.25) is 4.90 Å². The molecule has 1 aliphatic rings. The minimum atomic E-state index is -0.531. The van der Waals surface area contributed by atoms with Crippen molar-refractivity contribution in [1.29, 1.82) is 0 Å². The number of rotatable bonds is 5. The molecule has 0 amide bonds. The van der Waals surface area contributed by atoms with Crippen LogP contribution in [-0.4, -0.2) is 29.6 Å². The zero-order chi connectivity index (χ0) is 18.1. The molecule has 2 aromatic carbocycles. The zero-order valence-corrected chi connectivity index (χ0v) is 14.8. The van der Waals surface area contributed by atoms with E-state index in [-0.39, 0.29) is 0 Å². The number of ether oxygens (including phenoxy) is 1. The lowest BCUT2D eigenvalue weighted by Gasteiger charge is -2.24. The van der Waals surface area contributed by atoms with Crippen LogP contribution in [0.3, 0.4) is 0 Å². The Labute approximate surface area is 151 Å². The molecule has 0 bridgehead atoms. The molecule has 0 saturated carbocycles. The third-order valence-electron chi connectivity index (χ3n) is 5.32. The first kappa shape index (κ1) is 17.0. The van der Waals surface area contributed by atoms with Crippen LogP contribution >= 0.6 is 0 Å². The van der Waals surface area contributed by atoms with Gasteiger partial charge in [-0.25, -0.2) is 8.78 Å². The molecule has 1 atom stereocenters. The molecular formula is C21H22F2N2O. The quantitative estimate of drug-likeness (QED) is 0.720. The van der Waals surface area contributed by atoms with Gasteiger partial charge in [-0.15, -0.1) is 0 Å². The number of nitrogens with zero attached hydrogens (tertiary/aromatic N) is 1. The van der Waals surface area contributed by atoms with Gasteiger partial charge in [0.15, 0.2) is 0 Å². The molecule has 0 aliphatic carbocycles. The lowest BCUT2D eigenvalue weighted by molar-refractivity contribution is 0.241. The molecule has 2 heterocycles. The van der Waals surface area contributed by atoms with Crippen molar-refractivity contribution < 1.29 is 13.5 Å². The molecule has 1 aromatic heterocycles. The molecule has 1 fully saturated rings. The van der Waals surface area contributed by atoms with Gasteiger partial charge in [0.2, 0.25) is 0 Å². The van der Waals surface area contributed by atoms with Gasteiger partial charge in [-0.1, -0.05) is 6.07 Å². The Kier molecular flexibility index (Phi) is 4.64. The molecule has 0 spiro atoms. The molecule has 1 saturated heterocycles. The van der Waals surface area contributed by atoms with Gasteiger partial charge in [0.1, 0.15) is 17.4 Å². The maximum absolute atomic E-state index is 14.0. The summed E-state index contributed by atoms with van der Waals surface area (Å²) in [4.78, 5) is 5.62. The van der Waals surface area contributed by atoms with Crippen molar-refractivity contribution in [2.24, 2.45) is 0 Å². The molecule has 26 heavy (non-hydrogen) atoms. The summed E-state index contributed by atoms with van der Waals surface area (Å²) in [7, 11) is 1.67. The van der Waals surface area contributed by atoms with E-state index in [4.69, 9.17) is 4.74 Å². The van der Waals surface area contributed by atoms with Crippen molar-refractivity contribution in [3.05, 3.63) is 65.4 Å². The van der Waals surface area contributed by atoms with Gasteiger partial charge < -0.3 is 9.72 Å². The zero-order valence-electron chi connectivity index (χ0n) is 14.8. The lowest BCUT2D eigenvalue weighted by Crippen LogP contribution is -2.31.